The fraction of sp³-hybridized carbons (Fsp3) is 0.943. The number of rotatable bonds is 53. The Morgan fingerprint density at radius 1 is 0.468 bits per heavy atom. The van der Waals surface area contributed by atoms with Crippen molar-refractivity contribution >= 4 is 13.8 Å². The third-order valence-electron chi connectivity index (χ3n) is 12.2. The van der Waals surface area contributed by atoms with Crippen LogP contribution in [0.25, 0.3) is 0 Å². The molecule has 9 heteroatoms. The van der Waals surface area contributed by atoms with Crippen molar-refractivity contribution in [2.45, 2.75) is 290 Å². The first-order valence-corrected chi connectivity index (χ1v) is 28.7. The number of carbonyl (C=O) groups excluding carboxylic acids is 1. The quantitative estimate of drug-likeness (QED) is 0.0268. The Balaban J connectivity index is 3.85. The zero-order valence-electron chi connectivity index (χ0n) is 41.4. The molecule has 0 aromatic rings. The second-order valence-electron chi connectivity index (χ2n) is 18.5. The van der Waals surface area contributed by atoms with E-state index in [1.54, 1.807) is 0 Å². The minimum absolute atomic E-state index is 0.0913. The number of allylic oxidation sites excluding steroid dienone is 2. The third kappa shape index (κ3) is 50.2. The van der Waals surface area contributed by atoms with E-state index in [4.69, 9.17) is 24.3 Å². The lowest BCUT2D eigenvalue weighted by Crippen LogP contribution is -2.28. The van der Waals surface area contributed by atoms with Gasteiger partial charge in [-0.3, -0.25) is 13.8 Å². The van der Waals surface area contributed by atoms with Crippen molar-refractivity contribution in [2.75, 3.05) is 33.0 Å². The Hall–Kier alpha value is -0.760. The van der Waals surface area contributed by atoms with Gasteiger partial charge in [0.1, 0.15) is 6.10 Å². The molecule has 0 heterocycles. The maximum atomic E-state index is 12.7. The van der Waals surface area contributed by atoms with Gasteiger partial charge < -0.3 is 20.1 Å². The van der Waals surface area contributed by atoms with Gasteiger partial charge in [-0.25, -0.2) is 4.57 Å². The number of phosphoric acid groups is 1. The minimum Gasteiger partial charge on any atom is -0.457 e. The van der Waals surface area contributed by atoms with Gasteiger partial charge >= 0.3 is 13.8 Å². The third-order valence-corrected chi connectivity index (χ3v) is 13.2. The van der Waals surface area contributed by atoms with E-state index in [-0.39, 0.29) is 32.3 Å². The van der Waals surface area contributed by atoms with Crippen molar-refractivity contribution in [1.82, 2.24) is 0 Å². The van der Waals surface area contributed by atoms with Gasteiger partial charge in [0.2, 0.25) is 0 Å². The molecule has 0 rings (SSSR count). The summed E-state index contributed by atoms with van der Waals surface area (Å²) in [5.74, 6) is -0.323. The number of nitrogens with two attached hydrogens (primary N) is 1. The average Bonchev–Trinajstić information content (AvgIpc) is 3.26. The molecule has 2 unspecified atom stereocenters. The van der Waals surface area contributed by atoms with Gasteiger partial charge in [-0.15, -0.1) is 0 Å². The molecule has 2 atom stereocenters. The molecule has 0 spiro atoms. The van der Waals surface area contributed by atoms with E-state index < -0.39 is 13.9 Å². The molecule has 370 valence electrons. The number of phosphoric ester groups is 1. The molecule has 0 saturated carbocycles. The Kier molecular flexibility index (Phi) is 50.6. The molecule has 0 aliphatic heterocycles. The van der Waals surface area contributed by atoms with Crippen molar-refractivity contribution in [2.24, 2.45) is 5.73 Å². The Morgan fingerprint density at radius 2 is 0.806 bits per heavy atom. The molecule has 0 radical (unpaired) electrons. The van der Waals surface area contributed by atoms with Crippen LogP contribution < -0.4 is 5.73 Å². The number of carbonyl (C=O) groups is 1. The van der Waals surface area contributed by atoms with E-state index in [0.29, 0.717) is 13.0 Å². The van der Waals surface area contributed by atoms with Gasteiger partial charge in [0.05, 0.1) is 19.8 Å². The molecule has 0 aliphatic carbocycles. The zero-order chi connectivity index (χ0) is 45.1. The Morgan fingerprint density at radius 3 is 1.18 bits per heavy atom. The number of hydrogen-bond acceptors (Lipinski definition) is 7. The van der Waals surface area contributed by atoms with Gasteiger partial charge in [0.15, 0.2) is 0 Å². The fourth-order valence-electron chi connectivity index (χ4n) is 8.17. The van der Waals surface area contributed by atoms with Crippen molar-refractivity contribution in [3.63, 3.8) is 0 Å². The van der Waals surface area contributed by atoms with Gasteiger partial charge in [-0.1, -0.05) is 251 Å². The predicted octanol–water partition coefficient (Wildman–Crippen LogP) is 17.0. The van der Waals surface area contributed by atoms with Crippen LogP contribution in [0.4, 0.5) is 0 Å². The summed E-state index contributed by atoms with van der Waals surface area (Å²) in [6.45, 7) is 5.00. The molecule has 0 aliphatic rings. The number of hydrogen-bond donors (Lipinski definition) is 2. The highest BCUT2D eigenvalue weighted by Crippen LogP contribution is 2.43. The van der Waals surface area contributed by atoms with Crippen molar-refractivity contribution in [1.29, 1.82) is 0 Å². The Bertz CT molecular complexity index is 966. The molecule has 0 saturated heterocycles. The normalized spacial score (nSPS) is 13.3. The van der Waals surface area contributed by atoms with Gasteiger partial charge in [0, 0.05) is 19.6 Å². The first kappa shape index (κ1) is 61.2. The van der Waals surface area contributed by atoms with E-state index >= 15 is 0 Å². The summed E-state index contributed by atoms with van der Waals surface area (Å²) in [5.41, 5.74) is 5.39. The van der Waals surface area contributed by atoms with Crippen LogP contribution in [0.15, 0.2) is 12.2 Å². The molecule has 8 nitrogen and oxygen atoms in total. The molecule has 0 aromatic carbocycles. The second kappa shape index (κ2) is 51.2. The maximum Gasteiger partial charge on any atom is 0.472 e. The highest BCUT2D eigenvalue weighted by molar-refractivity contribution is 7.47. The van der Waals surface area contributed by atoms with Crippen molar-refractivity contribution in [3.05, 3.63) is 12.2 Å². The standard InChI is InChI=1S/C53H106NO7P/c1-3-5-7-9-11-13-15-17-19-21-23-24-25-26-27-28-29-30-32-34-36-38-40-42-44-46-53(55)61-52(51-60-62(56,57)59-49-47-54)50-58-48-45-43-41-39-37-35-33-31-22-20-18-16-14-12-10-8-6-4-2/h21,23,52H,3-20,22,24-51,54H2,1-2H3,(H,56,57)/b23-21-. The second-order valence-corrected chi connectivity index (χ2v) is 19.9. The average molecular weight is 900 g/mol. The number of ether oxygens (including phenoxy) is 2. The predicted molar refractivity (Wildman–Crippen MR) is 266 cm³/mol. The molecule has 0 fully saturated rings. The Labute approximate surface area is 385 Å². The van der Waals surface area contributed by atoms with E-state index in [1.807, 2.05) is 0 Å². The van der Waals surface area contributed by atoms with Gasteiger partial charge in [0.25, 0.3) is 0 Å². The van der Waals surface area contributed by atoms with Gasteiger partial charge in [-0.05, 0) is 38.5 Å². The largest absolute Gasteiger partial charge is 0.472 e. The lowest BCUT2D eigenvalue weighted by Gasteiger charge is -2.20. The van der Waals surface area contributed by atoms with Crippen LogP contribution in [0.3, 0.4) is 0 Å². The monoisotopic (exact) mass is 900 g/mol. The fourth-order valence-corrected chi connectivity index (χ4v) is 8.94. The van der Waals surface area contributed by atoms with Crippen LogP contribution in [-0.2, 0) is 27.9 Å². The van der Waals surface area contributed by atoms with E-state index in [0.717, 1.165) is 32.1 Å². The summed E-state index contributed by atoms with van der Waals surface area (Å²) in [7, 11) is -4.28. The summed E-state index contributed by atoms with van der Waals surface area (Å²) in [5, 5.41) is 0. The molecular weight excluding hydrogens is 794 g/mol. The van der Waals surface area contributed by atoms with Crippen LogP contribution in [0.5, 0.6) is 0 Å². The van der Waals surface area contributed by atoms with Crippen LogP contribution >= 0.6 is 7.82 Å². The van der Waals surface area contributed by atoms with Crippen molar-refractivity contribution < 1.29 is 32.8 Å². The molecule has 0 bridgehead atoms. The van der Waals surface area contributed by atoms with Crippen LogP contribution in [-0.4, -0.2) is 49.9 Å². The summed E-state index contributed by atoms with van der Waals surface area (Å²) in [4.78, 5) is 22.6. The van der Waals surface area contributed by atoms with E-state index in [2.05, 4.69) is 26.0 Å². The highest BCUT2D eigenvalue weighted by Gasteiger charge is 2.25. The lowest BCUT2D eigenvalue weighted by atomic mass is 10.0. The van der Waals surface area contributed by atoms with E-state index in [1.165, 1.54) is 231 Å². The lowest BCUT2D eigenvalue weighted by molar-refractivity contribution is -0.154. The number of unbranched alkanes of at least 4 members (excludes halogenated alkanes) is 38. The molecule has 3 N–H and O–H groups in total. The first-order valence-electron chi connectivity index (χ1n) is 27.2. The molecule has 62 heavy (non-hydrogen) atoms. The summed E-state index contributed by atoms with van der Waals surface area (Å²) in [6.07, 6.45) is 58.3. The van der Waals surface area contributed by atoms with Crippen LogP contribution in [0, 0.1) is 0 Å². The van der Waals surface area contributed by atoms with Crippen molar-refractivity contribution in [3.8, 4) is 0 Å². The maximum absolute atomic E-state index is 12.7. The highest BCUT2D eigenvalue weighted by atomic mass is 31.2. The topological polar surface area (TPSA) is 117 Å². The smallest absolute Gasteiger partial charge is 0.457 e. The number of esters is 1. The van der Waals surface area contributed by atoms with E-state index in [9.17, 15) is 14.3 Å². The van der Waals surface area contributed by atoms with Crippen LogP contribution in [0.1, 0.15) is 284 Å². The molecular formula is C53H106NO7P. The summed E-state index contributed by atoms with van der Waals surface area (Å²) >= 11 is 0. The first-order chi connectivity index (χ1) is 30.4. The molecule has 0 amide bonds. The minimum atomic E-state index is -4.28. The van der Waals surface area contributed by atoms with Crippen LogP contribution in [0.2, 0.25) is 0 Å². The van der Waals surface area contributed by atoms with Gasteiger partial charge in [-0.2, -0.15) is 0 Å². The summed E-state index contributed by atoms with van der Waals surface area (Å²) < 4.78 is 33.6. The zero-order valence-corrected chi connectivity index (χ0v) is 42.3. The molecule has 0 aromatic heterocycles. The summed E-state index contributed by atoms with van der Waals surface area (Å²) in [6, 6.07) is 0. The SMILES string of the molecule is CCCCCCCCCC/C=C\CCCCCCCCCCCCCCCC(=O)OC(COCCCCCCCCCCCCCCCCCCCC)COP(=O)(O)OCCN.